The first-order valence-electron chi connectivity index (χ1n) is 5.03. The molecule has 1 heterocycles. The molecule has 0 radical (unpaired) electrons. The minimum absolute atomic E-state index is 0.219. The van der Waals surface area contributed by atoms with Crippen molar-refractivity contribution in [2.45, 2.75) is 0 Å². The molecular formula is C11H13NO5. The Morgan fingerprint density at radius 3 is 2.71 bits per heavy atom. The zero-order valence-corrected chi connectivity index (χ0v) is 9.61. The van der Waals surface area contributed by atoms with Gasteiger partial charge in [0.05, 0.1) is 14.2 Å². The van der Waals surface area contributed by atoms with Gasteiger partial charge in [-0.15, -0.1) is 0 Å². The number of nitrogens with two attached hydrogens (primary N) is 1. The van der Waals surface area contributed by atoms with Crippen molar-refractivity contribution < 1.29 is 23.7 Å². The third kappa shape index (κ3) is 1.82. The van der Waals surface area contributed by atoms with E-state index in [9.17, 15) is 4.79 Å². The molecule has 2 N–H and O–H groups in total. The Labute approximate surface area is 98.2 Å². The summed E-state index contributed by atoms with van der Waals surface area (Å²) in [5.74, 6) is 0.530. The summed E-state index contributed by atoms with van der Waals surface area (Å²) in [5, 5.41) is 0. The molecule has 0 saturated carbocycles. The predicted octanol–water partition coefficient (Wildman–Crippen LogP) is 0.835. The third-order valence-corrected chi connectivity index (χ3v) is 2.43. The molecule has 1 aliphatic heterocycles. The lowest BCUT2D eigenvalue weighted by Crippen LogP contribution is -2.18. The Kier molecular flexibility index (Phi) is 2.95. The van der Waals surface area contributed by atoms with E-state index in [2.05, 4.69) is 4.74 Å². The van der Waals surface area contributed by atoms with Crippen molar-refractivity contribution in [2.24, 2.45) is 0 Å². The first-order valence-corrected chi connectivity index (χ1v) is 5.03. The van der Waals surface area contributed by atoms with Crippen LogP contribution in [0.4, 0.5) is 5.69 Å². The van der Waals surface area contributed by atoms with Crippen LogP contribution < -0.4 is 19.9 Å². The van der Waals surface area contributed by atoms with Crippen molar-refractivity contribution in [3.05, 3.63) is 11.6 Å². The van der Waals surface area contributed by atoms with Gasteiger partial charge in [-0.05, 0) is 0 Å². The van der Waals surface area contributed by atoms with Crippen molar-refractivity contribution in [1.82, 2.24) is 0 Å². The summed E-state index contributed by atoms with van der Waals surface area (Å²) < 4.78 is 20.5. The number of hydrogen-bond donors (Lipinski definition) is 1. The molecule has 0 unspecified atom stereocenters. The monoisotopic (exact) mass is 239 g/mol. The van der Waals surface area contributed by atoms with Crippen molar-refractivity contribution in [3.8, 4) is 17.2 Å². The number of rotatable bonds is 2. The van der Waals surface area contributed by atoms with Crippen LogP contribution in [0.15, 0.2) is 6.07 Å². The number of benzene rings is 1. The molecule has 0 saturated heterocycles. The number of carbonyl (C=O) groups excluding carboxylic acids is 1. The van der Waals surface area contributed by atoms with Gasteiger partial charge in [0.1, 0.15) is 24.5 Å². The van der Waals surface area contributed by atoms with Gasteiger partial charge in [-0.2, -0.15) is 0 Å². The number of anilines is 1. The molecule has 0 bridgehead atoms. The minimum atomic E-state index is -0.537. The van der Waals surface area contributed by atoms with Gasteiger partial charge in [-0.25, -0.2) is 4.79 Å². The summed E-state index contributed by atoms with van der Waals surface area (Å²) in [4.78, 5) is 11.6. The molecule has 0 amide bonds. The molecule has 0 spiro atoms. The predicted molar refractivity (Wildman–Crippen MR) is 59.7 cm³/mol. The van der Waals surface area contributed by atoms with Crippen molar-refractivity contribution in [3.63, 3.8) is 0 Å². The smallest absolute Gasteiger partial charge is 0.341 e. The topological polar surface area (TPSA) is 80.0 Å². The second kappa shape index (κ2) is 4.40. The number of methoxy groups -OCH3 is 2. The molecule has 17 heavy (non-hydrogen) atoms. The molecule has 1 aromatic rings. The number of ether oxygens (including phenoxy) is 4. The lowest BCUT2D eigenvalue weighted by molar-refractivity contribution is 0.0596. The Hall–Kier alpha value is -2.11. The summed E-state index contributed by atoms with van der Waals surface area (Å²) in [5.41, 5.74) is 6.33. The van der Waals surface area contributed by atoms with E-state index in [0.717, 1.165) is 0 Å². The van der Waals surface area contributed by atoms with E-state index in [1.165, 1.54) is 20.3 Å². The largest absolute Gasteiger partial charge is 0.494 e. The summed E-state index contributed by atoms with van der Waals surface area (Å²) in [6.07, 6.45) is 0. The maximum atomic E-state index is 11.6. The molecule has 92 valence electrons. The van der Waals surface area contributed by atoms with Gasteiger partial charge in [0.25, 0.3) is 0 Å². The van der Waals surface area contributed by atoms with Crippen LogP contribution in [0.5, 0.6) is 17.2 Å². The number of carbonyl (C=O) groups is 1. The van der Waals surface area contributed by atoms with Crippen LogP contribution in [0, 0.1) is 0 Å². The van der Waals surface area contributed by atoms with Gasteiger partial charge in [0, 0.05) is 6.07 Å². The lowest BCUT2D eigenvalue weighted by atomic mass is 10.1. The number of esters is 1. The Bertz CT molecular complexity index is 458. The fourth-order valence-electron chi connectivity index (χ4n) is 1.68. The van der Waals surface area contributed by atoms with Crippen LogP contribution >= 0.6 is 0 Å². The molecule has 2 rings (SSSR count). The normalized spacial score (nSPS) is 13.1. The molecule has 0 atom stereocenters. The zero-order chi connectivity index (χ0) is 12.4. The first kappa shape index (κ1) is 11.4. The Balaban J connectivity index is 2.59. The van der Waals surface area contributed by atoms with Crippen LogP contribution in [0.1, 0.15) is 10.4 Å². The van der Waals surface area contributed by atoms with Crippen LogP contribution in [0.2, 0.25) is 0 Å². The van der Waals surface area contributed by atoms with E-state index in [0.29, 0.717) is 24.7 Å². The average Bonchev–Trinajstić information content (AvgIpc) is 2.37. The van der Waals surface area contributed by atoms with Crippen LogP contribution in [0.3, 0.4) is 0 Å². The summed E-state index contributed by atoms with van der Waals surface area (Å²) >= 11 is 0. The van der Waals surface area contributed by atoms with Gasteiger partial charge < -0.3 is 24.7 Å². The summed E-state index contributed by atoms with van der Waals surface area (Å²) in [7, 11) is 2.71. The van der Waals surface area contributed by atoms with Gasteiger partial charge >= 0.3 is 5.97 Å². The van der Waals surface area contributed by atoms with E-state index in [1.807, 2.05) is 0 Å². The second-order valence-electron chi connectivity index (χ2n) is 3.39. The van der Waals surface area contributed by atoms with Crippen molar-refractivity contribution in [2.75, 3.05) is 33.2 Å². The van der Waals surface area contributed by atoms with Crippen molar-refractivity contribution >= 4 is 11.7 Å². The van der Waals surface area contributed by atoms with Gasteiger partial charge in [0.2, 0.25) is 0 Å². The Morgan fingerprint density at radius 1 is 1.35 bits per heavy atom. The highest BCUT2D eigenvalue weighted by Crippen LogP contribution is 2.44. The third-order valence-electron chi connectivity index (χ3n) is 2.43. The second-order valence-corrected chi connectivity index (χ2v) is 3.39. The average molecular weight is 239 g/mol. The van der Waals surface area contributed by atoms with Gasteiger partial charge in [-0.3, -0.25) is 0 Å². The molecule has 6 heteroatoms. The number of hydrogen-bond acceptors (Lipinski definition) is 6. The highest BCUT2D eigenvalue weighted by atomic mass is 16.6. The van der Waals surface area contributed by atoms with Crippen molar-refractivity contribution in [1.29, 1.82) is 0 Å². The number of nitrogen functional groups attached to an aromatic ring is 1. The van der Waals surface area contributed by atoms with E-state index in [4.69, 9.17) is 19.9 Å². The standard InChI is InChI=1S/C11H13NO5/c1-14-9-6(11(13)15-2)5-7-10(8(9)12)17-4-3-16-7/h5H,3-4,12H2,1-2H3. The highest BCUT2D eigenvalue weighted by molar-refractivity contribution is 5.96. The van der Waals surface area contributed by atoms with E-state index >= 15 is 0 Å². The molecule has 0 fully saturated rings. The van der Waals surface area contributed by atoms with Gasteiger partial charge in [0.15, 0.2) is 17.2 Å². The summed E-state index contributed by atoms with van der Waals surface area (Å²) in [6, 6.07) is 1.51. The summed E-state index contributed by atoms with van der Waals surface area (Å²) in [6.45, 7) is 0.831. The quantitative estimate of drug-likeness (QED) is 0.608. The van der Waals surface area contributed by atoms with E-state index < -0.39 is 5.97 Å². The highest BCUT2D eigenvalue weighted by Gasteiger charge is 2.25. The SMILES string of the molecule is COC(=O)c1cc2c(c(N)c1OC)OCCO2. The lowest BCUT2D eigenvalue weighted by Gasteiger charge is -2.22. The van der Waals surface area contributed by atoms with E-state index in [-0.39, 0.29) is 17.0 Å². The molecule has 1 aliphatic rings. The van der Waals surface area contributed by atoms with Gasteiger partial charge in [-0.1, -0.05) is 0 Å². The van der Waals surface area contributed by atoms with Crippen LogP contribution in [-0.2, 0) is 4.74 Å². The van der Waals surface area contributed by atoms with E-state index in [1.54, 1.807) is 0 Å². The molecule has 6 nitrogen and oxygen atoms in total. The fourth-order valence-corrected chi connectivity index (χ4v) is 1.68. The molecule has 1 aromatic carbocycles. The van der Waals surface area contributed by atoms with Crippen LogP contribution in [0.25, 0.3) is 0 Å². The number of fused-ring (bicyclic) bond motifs is 1. The molecule has 0 aromatic heterocycles. The first-order chi connectivity index (χ1) is 8.19. The molecule has 0 aliphatic carbocycles. The fraction of sp³-hybridized carbons (Fsp3) is 0.364. The maximum Gasteiger partial charge on any atom is 0.341 e. The van der Waals surface area contributed by atoms with Crippen LogP contribution in [-0.4, -0.2) is 33.4 Å². The Morgan fingerprint density at radius 2 is 2.06 bits per heavy atom. The zero-order valence-electron chi connectivity index (χ0n) is 9.61. The molecular weight excluding hydrogens is 226 g/mol. The maximum absolute atomic E-state index is 11.6. The minimum Gasteiger partial charge on any atom is -0.494 e.